The zero-order chi connectivity index (χ0) is 26.2. The molecule has 0 radical (unpaired) electrons. The Kier molecular flexibility index (Phi) is 8.20. The second-order valence-corrected chi connectivity index (χ2v) is 9.02. The number of rotatable bonds is 11. The maximum atomic E-state index is 14.4. The third kappa shape index (κ3) is 6.35. The van der Waals surface area contributed by atoms with Gasteiger partial charge < -0.3 is 26.7 Å². The molecule has 1 aromatic heterocycles. The number of aromatic amines is 1. The van der Waals surface area contributed by atoms with Crippen LogP contribution in [0.5, 0.6) is 0 Å². The van der Waals surface area contributed by atoms with Gasteiger partial charge in [-0.1, -0.05) is 66.7 Å². The van der Waals surface area contributed by atoms with Crippen molar-refractivity contribution in [1.82, 2.24) is 15.2 Å². The molecule has 0 aliphatic rings. The van der Waals surface area contributed by atoms with Crippen LogP contribution in [0, 0.1) is 5.41 Å². The number of hydrogen-bond acceptors (Lipinski definition) is 3. The molecular formula is C29H32N6O2. The van der Waals surface area contributed by atoms with Gasteiger partial charge in [0.2, 0.25) is 11.8 Å². The van der Waals surface area contributed by atoms with Gasteiger partial charge in [-0.3, -0.25) is 15.0 Å². The normalized spacial score (nSPS) is 11.8. The summed E-state index contributed by atoms with van der Waals surface area (Å²) in [6, 6.07) is 26.2. The number of fused-ring (bicyclic) bond motifs is 1. The lowest BCUT2D eigenvalue weighted by atomic mass is 9.89. The molecule has 4 aromatic rings. The molecule has 0 aliphatic heterocycles. The minimum Gasteiger partial charge on any atom is -0.370 e. The first-order valence-electron chi connectivity index (χ1n) is 12.3. The van der Waals surface area contributed by atoms with Crippen LogP contribution in [0.2, 0.25) is 0 Å². The Morgan fingerprint density at radius 3 is 2.16 bits per heavy atom. The number of aromatic nitrogens is 1. The predicted octanol–water partition coefficient (Wildman–Crippen LogP) is 3.45. The van der Waals surface area contributed by atoms with Gasteiger partial charge in [0.25, 0.3) is 0 Å². The fourth-order valence-corrected chi connectivity index (χ4v) is 4.64. The predicted molar refractivity (Wildman–Crippen MR) is 146 cm³/mol. The number of carbonyl (C=O) groups is 2. The van der Waals surface area contributed by atoms with Gasteiger partial charge >= 0.3 is 0 Å². The van der Waals surface area contributed by atoms with Crippen molar-refractivity contribution in [3.05, 3.63) is 108 Å². The second kappa shape index (κ2) is 11.9. The maximum absolute atomic E-state index is 14.4. The van der Waals surface area contributed by atoms with E-state index in [9.17, 15) is 9.59 Å². The van der Waals surface area contributed by atoms with E-state index in [0.29, 0.717) is 19.4 Å². The van der Waals surface area contributed by atoms with Crippen LogP contribution in [0.15, 0.2) is 91.1 Å². The summed E-state index contributed by atoms with van der Waals surface area (Å²) in [5.74, 6) is -1.51. The summed E-state index contributed by atoms with van der Waals surface area (Å²) in [7, 11) is 0. The van der Waals surface area contributed by atoms with Gasteiger partial charge in [0.1, 0.15) is 6.04 Å². The molecule has 0 fully saturated rings. The Bertz CT molecular complexity index is 1310. The summed E-state index contributed by atoms with van der Waals surface area (Å²) < 4.78 is 0. The third-order valence-electron chi connectivity index (χ3n) is 6.44. The van der Waals surface area contributed by atoms with Gasteiger partial charge in [0.15, 0.2) is 5.96 Å². The van der Waals surface area contributed by atoms with Crippen LogP contribution >= 0.6 is 0 Å². The molecule has 0 spiro atoms. The number of nitrogens with two attached hydrogens (primary N) is 2. The fourth-order valence-electron chi connectivity index (χ4n) is 4.64. The monoisotopic (exact) mass is 496 g/mol. The van der Waals surface area contributed by atoms with E-state index in [0.717, 1.165) is 27.6 Å². The summed E-state index contributed by atoms with van der Waals surface area (Å²) in [6.45, 7) is 0.626. The smallest absolute Gasteiger partial charge is 0.240 e. The standard InChI is InChI=1S/C29H32N6O2/c30-27(36)25(12-7-16-34-29(31)32)35(19-20-13-14-24-23(18-20)15-17-33-24)28(37)26(21-8-3-1-4-9-21)22-10-5-2-6-11-22/h1-6,8-11,13-15,17-18,25-26,33H,7,12,16,19H2,(H2,30,36)(H4,31,32,34)/t25-/m0/s1. The molecule has 1 heterocycles. The molecular weight excluding hydrogens is 464 g/mol. The van der Waals surface area contributed by atoms with Crippen LogP contribution in [0.3, 0.4) is 0 Å². The van der Waals surface area contributed by atoms with Crippen molar-refractivity contribution in [3.63, 3.8) is 0 Å². The largest absolute Gasteiger partial charge is 0.370 e. The number of H-pyrrole nitrogens is 1. The summed E-state index contributed by atoms with van der Waals surface area (Å²) in [6.07, 6.45) is 2.71. The number of primary amides is 1. The molecule has 0 unspecified atom stereocenters. The number of benzene rings is 3. The zero-order valence-corrected chi connectivity index (χ0v) is 20.6. The molecule has 37 heavy (non-hydrogen) atoms. The van der Waals surface area contributed by atoms with Gasteiger partial charge in [-0.15, -0.1) is 0 Å². The maximum Gasteiger partial charge on any atom is 0.240 e. The average Bonchev–Trinajstić information content (AvgIpc) is 3.37. The van der Waals surface area contributed by atoms with Gasteiger partial charge in [-0.05, 0) is 53.1 Å². The topological polar surface area (TPSA) is 141 Å². The molecule has 7 N–H and O–H groups in total. The molecule has 2 amide bonds. The van der Waals surface area contributed by atoms with Crippen LogP contribution in [0.1, 0.15) is 35.4 Å². The Morgan fingerprint density at radius 2 is 1.57 bits per heavy atom. The first-order valence-corrected chi connectivity index (χ1v) is 12.3. The fraction of sp³-hybridized carbons (Fsp3) is 0.207. The summed E-state index contributed by atoms with van der Waals surface area (Å²) in [5.41, 5.74) is 14.9. The Balaban J connectivity index is 1.72. The number of nitrogens with one attached hydrogen (secondary N) is 3. The molecule has 8 heteroatoms. The lowest BCUT2D eigenvalue weighted by Crippen LogP contribution is -2.49. The lowest BCUT2D eigenvalue weighted by Gasteiger charge is -2.33. The average molecular weight is 497 g/mol. The molecule has 0 bridgehead atoms. The van der Waals surface area contributed by atoms with Gasteiger partial charge in [-0.25, -0.2) is 0 Å². The number of nitrogens with zero attached hydrogens (tertiary/aromatic N) is 1. The molecule has 190 valence electrons. The Labute approximate surface area is 216 Å². The van der Waals surface area contributed by atoms with E-state index in [1.165, 1.54) is 0 Å². The van der Waals surface area contributed by atoms with Crippen molar-refractivity contribution in [2.45, 2.75) is 31.3 Å². The molecule has 4 rings (SSSR count). The van der Waals surface area contributed by atoms with Crippen molar-refractivity contribution in [1.29, 1.82) is 5.41 Å². The summed E-state index contributed by atoms with van der Waals surface area (Å²) in [5, 5.41) is 11.1. The van der Waals surface area contributed by atoms with E-state index in [4.69, 9.17) is 16.9 Å². The van der Waals surface area contributed by atoms with E-state index in [-0.39, 0.29) is 18.4 Å². The van der Waals surface area contributed by atoms with E-state index < -0.39 is 17.9 Å². The van der Waals surface area contributed by atoms with Crippen LogP contribution in [-0.2, 0) is 16.1 Å². The summed E-state index contributed by atoms with van der Waals surface area (Å²) >= 11 is 0. The molecule has 0 saturated heterocycles. The van der Waals surface area contributed by atoms with E-state index in [2.05, 4.69) is 10.3 Å². The molecule has 0 aliphatic carbocycles. The van der Waals surface area contributed by atoms with Crippen LogP contribution < -0.4 is 16.8 Å². The minimum absolute atomic E-state index is 0.142. The minimum atomic E-state index is -0.835. The van der Waals surface area contributed by atoms with E-state index in [1.807, 2.05) is 91.1 Å². The van der Waals surface area contributed by atoms with Crippen LogP contribution in [0.4, 0.5) is 0 Å². The number of hydrogen-bond donors (Lipinski definition) is 5. The lowest BCUT2D eigenvalue weighted by molar-refractivity contribution is -0.141. The Hall–Kier alpha value is -4.59. The first kappa shape index (κ1) is 25.5. The Morgan fingerprint density at radius 1 is 0.919 bits per heavy atom. The van der Waals surface area contributed by atoms with Gasteiger partial charge in [0, 0.05) is 24.8 Å². The van der Waals surface area contributed by atoms with Crippen LogP contribution in [0.25, 0.3) is 10.9 Å². The van der Waals surface area contributed by atoms with Gasteiger partial charge in [0.05, 0.1) is 5.92 Å². The van der Waals surface area contributed by atoms with Crippen molar-refractivity contribution in [2.75, 3.05) is 6.54 Å². The van der Waals surface area contributed by atoms with E-state index in [1.54, 1.807) is 4.90 Å². The molecule has 3 aromatic carbocycles. The number of carbonyl (C=O) groups excluding carboxylic acids is 2. The highest BCUT2D eigenvalue weighted by Crippen LogP contribution is 2.29. The first-order chi connectivity index (χ1) is 17.9. The van der Waals surface area contributed by atoms with Crippen molar-refractivity contribution >= 4 is 28.7 Å². The highest BCUT2D eigenvalue weighted by molar-refractivity contribution is 5.92. The number of guanidine groups is 1. The number of amides is 2. The van der Waals surface area contributed by atoms with Gasteiger partial charge in [-0.2, -0.15) is 0 Å². The van der Waals surface area contributed by atoms with Crippen LogP contribution in [-0.4, -0.2) is 40.2 Å². The van der Waals surface area contributed by atoms with Crippen molar-refractivity contribution in [3.8, 4) is 0 Å². The highest BCUT2D eigenvalue weighted by Gasteiger charge is 2.34. The SMILES string of the molecule is N=C(N)NCCC[C@@H](C(N)=O)N(Cc1ccc2[nH]ccc2c1)C(=O)C(c1ccccc1)c1ccccc1. The molecule has 0 saturated carbocycles. The molecule has 8 nitrogen and oxygen atoms in total. The van der Waals surface area contributed by atoms with Crippen molar-refractivity contribution < 1.29 is 9.59 Å². The highest BCUT2D eigenvalue weighted by atomic mass is 16.2. The quantitative estimate of drug-likeness (QED) is 0.123. The zero-order valence-electron chi connectivity index (χ0n) is 20.6. The van der Waals surface area contributed by atoms with Crippen molar-refractivity contribution in [2.24, 2.45) is 11.5 Å². The van der Waals surface area contributed by atoms with E-state index >= 15 is 0 Å². The second-order valence-electron chi connectivity index (χ2n) is 9.02. The molecule has 1 atom stereocenters. The third-order valence-corrected chi connectivity index (χ3v) is 6.44. The summed E-state index contributed by atoms with van der Waals surface area (Å²) in [4.78, 5) is 31.9.